The summed E-state index contributed by atoms with van der Waals surface area (Å²) in [5.41, 5.74) is 6.19. The summed E-state index contributed by atoms with van der Waals surface area (Å²) in [6.07, 6.45) is 1.11. The van der Waals surface area contributed by atoms with Crippen molar-refractivity contribution in [3.8, 4) is 0 Å². The number of rotatable bonds is 7. The number of anilines is 1. The van der Waals surface area contributed by atoms with E-state index >= 15 is 0 Å². The Labute approximate surface area is 204 Å². The molecular weight excluding hydrogens is 501 g/mol. The molecule has 0 bridgehead atoms. The second-order valence-electron chi connectivity index (χ2n) is 8.15. The molecule has 2 heterocycles. The Morgan fingerprint density at radius 2 is 1.84 bits per heavy atom. The first-order valence-electron chi connectivity index (χ1n) is 11.0. The van der Waals surface area contributed by atoms with Crippen LogP contribution >= 0.6 is 24.0 Å². The highest BCUT2D eigenvalue weighted by atomic mass is 127. The second-order valence-corrected chi connectivity index (χ2v) is 8.15. The molecule has 1 saturated heterocycles. The summed E-state index contributed by atoms with van der Waals surface area (Å²) in [6.45, 7) is 13.6. The molecule has 8 heteroatoms. The molecule has 0 aliphatic carbocycles. The summed E-state index contributed by atoms with van der Waals surface area (Å²) in [5.74, 6) is 0.849. The molecule has 2 aromatic rings. The van der Waals surface area contributed by atoms with Crippen LogP contribution in [0, 0.1) is 20.8 Å². The van der Waals surface area contributed by atoms with E-state index in [1.54, 1.807) is 0 Å². The number of aryl methyl sites for hydroxylation is 3. The molecule has 1 fully saturated rings. The Kier molecular flexibility index (Phi) is 10.1. The summed E-state index contributed by atoms with van der Waals surface area (Å²) in [7, 11) is 3.81. The van der Waals surface area contributed by atoms with Gasteiger partial charge in [0.1, 0.15) is 0 Å². The smallest absolute Gasteiger partial charge is 0.191 e. The first kappa shape index (κ1) is 25.5. The number of hydrogen-bond acceptors (Lipinski definition) is 4. The van der Waals surface area contributed by atoms with Crippen molar-refractivity contribution in [2.24, 2.45) is 12.0 Å². The highest BCUT2D eigenvalue weighted by Gasteiger charge is 2.17. The zero-order valence-corrected chi connectivity index (χ0v) is 21.9. The highest BCUT2D eigenvalue weighted by molar-refractivity contribution is 14.0. The third-order valence-electron chi connectivity index (χ3n) is 6.00. The Morgan fingerprint density at radius 1 is 1.10 bits per heavy atom. The summed E-state index contributed by atoms with van der Waals surface area (Å²) >= 11 is 0. The van der Waals surface area contributed by atoms with E-state index in [9.17, 15) is 0 Å². The molecule has 31 heavy (non-hydrogen) atoms. The lowest BCUT2D eigenvalue weighted by molar-refractivity contribution is 0.255. The Bertz CT molecular complexity index is 854. The van der Waals surface area contributed by atoms with E-state index < -0.39 is 0 Å². The van der Waals surface area contributed by atoms with E-state index in [2.05, 4.69) is 75.6 Å². The maximum absolute atomic E-state index is 4.48. The Balaban J connectivity index is 0.00000341. The molecule has 1 aliphatic rings. The van der Waals surface area contributed by atoms with Gasteiger partial charge in [-0.15, -0.1) is 24.0 Å². The van der Waals surface area contributed by atoms with Gasteiger partial charge in [-0.05, 0) is 51.4 Å². The van der Waals surface area contributed by atoms with Gasteiger partial charge in [0.25, 0.3) is 0 Å². The van der Waals surface area contributed by atoms with Gasteiger partial charge in [0, 0.05) is 70.3 Å². The Morgan fingerprint density at radius 3 is 2.45 bits per heavy atom. The summed E-state index contributed by atoms with van der Waals surface area (Å²) in [6, 6.07) is 8.82. The molecule has 0 amide bonds. The molecule has 0 unspecified atom stereocenters. The lowest BCUT2D eigenvalue weighted by atomic mass is 10.2. The van der Waals surface area contributed by atoms with Crippen LogP contribution in [0.5, 0.6) is 0 Å². The number of guanidine groups is 1. The third-order valence-corrected chi connectivity index (χ3v) is 6.00. The van der Waals surface area contributed by atoms with Crippen LogP contribution in [-0.4, -0.2) is 67.0 Å². The minimum atomic E-state index is 0. The molecule has 0 spiro atoms. The quantitative estimate of drug-likeness (QED) is 0.245. The van der Waals surface area contributed by atoms with Gasteiger partial charge in [-0.1, -0.05) is 12.1 Å². The molecule has 1 aromatic heterocycles. The van der Waals surface area contributed by atoms with E-state index in [0.29, 0.717) is 0 Å². The number of aliphatic imine (C=N–C) groups is 1. The van der Waals surface area contributed by atoms with E-state index in [1.807, 2.05) is 18.8 Å². The molecule has 7 nitrogen and oxygen atoms in total. The van der Waals surface area contributed by atoms with Crippen molar-refractivity contribution < 1.29 is 0 Å². The van der Waals surface area contributed by atoms with Crippen LogP contribution in [0.3, 0.4) is 0 Å². The largest absolute Gasteiger partial charge is 0.369 e. The van der Waals surface area contributed by atoms with Crippen LogP contribution in [0.1, 0.15) is 28.9 Å². The molecule has 0 saturated carbocycles. The molecule has 172 valence electrons. The van der Waals surface area contributed by atoms with Crippen molar-refractivity contribution in [3.05, 3.63) is 46.8 Å². The molecule has 0 radical (unpaired) electrons. The van der Waals surface area contributed by atoms with Gasteiger partial charge in [-0.2, -0.15) is 5.10 Å². The van der Waals surface area contributed by atoms with Crippen LogP contribution < -0.4 is 15.5 Å². The van der Waals surface area contributed by atoms with Gasteiger partial charge in [0.15, 0.2) is 5.96 Å². The number of nitrogens with zero attached hydrogens (tertiary/aromatic N) is 5. The maximum Gasteiger partial charge on any atom is 0.191 e. The van der Waals surface area contributed by atoms with Crippen molar-refractivity contribution in [1.29, 1.82) is 0 Å². The first-order chi connectivity index (χ1) is 14.5. The molecule has 3 rings (SSSR count). The van der Waals surface area contributed by atoms with Crippen molar-refractivity contribution in [1.82, 2.24) is 25.3 Å². The molecular formula is C23H38IN7. The number of benzene rings is 1. The number of hydrogen-bond donors (Lipinski definition) is 2. The fourth-order valence-electron chi connectivity index (χ4n) is 4.03. The predicted octanol–water partition coefficient (Wildman–Crippen LogP) is 2.84. The standard InChI is InChI=1S/C23H37N7.HI/c1-18-8-6-9-21(16-18)30-14-12-29(13-15-30)11-7-10-25-23(24-4)26-17-22-19(2)27-28(5)20(22)3;/h6,8-9,16H,7,10-15,17H2,1-5H3,(H2,24,25,26);1H. The third kappa shape index (κ3) is 7.10. The van der Waals surface area contributed by atoms with Crippen molar-refractivity contribution in [3.63, 3.8) is 0 Å². The summed E-state index contributed by atoms with van der Waals surface area (Å²) in [4.78, 5) is 9.41. The van der Waals surface area contributed by atoms with Crippen molar-refractivity contribution >= 4 is 35.6 Å². The van der Waals surface area contributed by atoms with Gasteiger partial charge in [-0.25, -0.2) is 0 Å². The number of nitrogens with one attached hydrogen (secondary N) is 2. The number of piperazine rings is 1. The minimum absolute atomic E-state index is 0. The lowest BCUT2D eigenvalue weighted by Gasteiger charge is -2.36. The van der Waals surface area contributed by atoms with E-state index in [1.165, 1.54) is 22.5 Å². The number of halogens is 1. The Hall–Kier alpha value is -1.81. The van der Waals surface area contributed by atoms with E-state index in [4.69, 9.17) is 0 Å². The van der Waals surface area contributed by atoms with Crippen LogP contribution in [0.2, 0.25) is 0 Å². The van der Waals surface area contributed by atoms with Crippen LogP contribution in [0.15, 0.2) is 29.3 Å². The average molecular weight is 540 g/mol. The maximum atomic E-state index is 4.48. The van der Waals surface area contributed by atoms with Crippen molar-refractivity contribution in [2.75, 3.05) is 51.2 Å². The second kappa shape index (κ2) is 12.3. The van der Waals surface area contributed by atoms with E-state index in [0.717, 1.165) is 63.9 Å². The average Bonchev–Trinajstić information content (AvgIpc) is 2.99. The molecule has 1 aliphatic heterocycles. The fourth-order valence-corrected chi connectivity index (χ4v) is 4.03. The highest BCUT2D eigenvalue weighted by Crippen LogP contribution is 2.17. The monoisotopic (exact) mass is 539 g/mol. The summed E-state index contributed by atoms with van der Waals surface area (Å²) in [5, 5.41) is 11.3. The minimum Gasteiger partial charge on any atom is -0.369 e. The number of aromatic nitrogens is 2. The molecule has 0 atom stereocenters. The zero-order chi connectivity index (χ0) is 21.5. The molecule has 1 aromatic carbocycles. The normalized spacial score (nSPS) is 15.0. The first-order valence-corrected chi connectivity index (χ1v) is 11.0. The SMILES string of the molecule is CN=C(NCCCN1CCN(c2cccc(C)c2)CC1)NCc1c(C)nn(C)c1C.I. The molecule has 2 N–H and O–H groups in total. The van der Waals surface area contributed by atoms with Crippen LogP contribution in [-0.2, 0) is 13.6 Å². The van der Waals surface area contributed by atoms with Gasteiger partial charge >= 0.3 is 0 Å². The predicted molar refractivity (Wildman–Crippen MR) is 141 cm³/mol. The van der Waals surface area contributed by atoms with Crippen LogP contribution in [0.4, 0.5) is 5.69 Å². The topological polar surface area (TPSA) is 60.7 Å². The lowest BCUT2D eigenvalue weighted by Crippen LogP contribution is -2.47. The van der Waals surface area contributed by atoms with Gasteiger partial charge < -0.3 is 15.5 Å². The van der Waals surface area contributed by atoms with Gasteiger partial charge in [-0.3, -0.25) is 14.6 Å². The van der Waals surface area contributed by atoms with E-state index in [-0.39, 0.29) is 24.0 Å². The summed E-state index contributed by atoms with van der Waals surface area (Å²) < 4.78 is 1.93. The zero-order valence-electron chi connectivity index (χ0n) is 19.6. The van der Waals surface area contributed by atoms with Gasteiger partial charge in [0.2, 0.25) is 0 Å². The van der Waals surface area contributed by atoms with Crippen molar-refractivity contribution in [2.45, 2.75) is 33.7 Å². The van der Waals surface area contributed by atoms with Gasteiger partial charge in [0.05, 0.1) is 5.69 Å². The fraction of sp³-hybridized carbons (Fsp3) is 0.565. The van der Waals surface area contributed by atoms with Crippen LogP contribution in [0.25, 0.3) is 0 Å².